The van der Waals surface area contributed by atoms with Gasteiger partial charge in [0.2, 0.25) is 0 Å². The molecule has 0 aromatic heterocycles. The summed E-state index contributed by atoms with van der Waals surface area (Å²) in [5.74, 6) is 0. The highest BCUT2D eigenvalue weighted by molar-refractivity contribution is 5.33. The van der Waals surface area contributed by atoms with Crippen molar-refractivity contribution in [2.75, 3.05) is 6.54 Å². The quantitative estimate of drug-likeness (QED) is 0.910. The van der Waals surface area contributed by atoms with Gasteiger partial charge in [0.25, 0.3) is 0 Å². The number of hydrogen-bond donors (Lipinski definition) is 1. The highest BCUT2D eigenvalue weighted by Gasteiger charge is 2.38. The lowest BCUT2D eigenvalue weighted by molar-refractivity contribution is 0.0447. The van der Waals surface area contributed by atoms with Gasteiger partial charge in [-0.3, -0.25) is 4.90 Å². The number of nitrogens with two attached hydrogens (primary N) is 1. The van der Waals surface area contributed by atoms with Gasteiger partial charge in [-0.2, -0.15) is 0 Å². The molecule has 2 N–H and O–H groups in total. The van der Waals surface area contributed by atoms with Crippen LogP contribution in [0.15, 0.2) is 60.7 Å². The Labute approximate surface area is 114 Å². The molecule has 0 saturated carbocycles. The number of rotatable bonds is 3. The van der Waals surface area contributed by atoms with Gasteiger partial charge in [0.15, 0.2) is 0 Å². The monoisotopic (exact) mass is 252 g/mol. The zero-order valence-corrected chi connectivity index (χ0v) is 11.2. The predicted octanol–water partition coefficient (Wildman–Crippen LogP) is 2.81. The maximum atomic E-state index is 6.06. The molecule has 2 nitrogen and oxygen atoms in total. The molecule has 0 radical (unpaired) electrons. The zero-order chi connectivity index (χ0) is 13.2. The molecule has 19 heavy (non-hydrogen) atoms. The van der Waals surface area contributed by atoms with Gasteiger partial charge in [0.1, 0.15) is 0 Å². The molecule has 0 bridgehead atoms. The Morgan fingerprint density at radius 2 is 1.42 bits per heavy atom. The van der Waals surface area contributed by atoms with Crippen LogP contribution in [0.5, 0.6) is 0 Å². The maximum Gasteiger partial charge on any atom is 0.0605 e. The summed E-state index contributed by atoms with van der Waals surface area (Å²) >= 11 is 0. The van der Waals surface area contributed by atoms with Crippen LogP contribution in [0.1, 0.15) is 24.1 Å². The molecule has 1 fully saturated rings. The summed E-state index contributed by atoms with van der Waals surface area (Å²) in [5, 5.41) is 0. The van der Waals surface area contributed by atoms with E-state index in [0.29, 0.717) is 18.1 Å². The molecule has 3 rings (SSSR count). The van der Waals surface area contributed by atoms with Crippen LogP contribution in [-0.2, 0) is 0 Å². The van der Waals surface area contributed by atoms with Crippen molar-refractivity contribution in [3.63, 3.8) is 0 Å². The molecule has 2 heteroatoms. The summed E-state index contributed by atoms with van der Waals surface area (Å²) in [5.41, 5.74) is 8.75. The normalized spacial score (nSPS) is 23.3. The molecule has 2 unspecified atom stereocenters. The van der Waals surface area contributed by atoms with Crippen molar-refractivity contribution in [2.45, 2.75) is 25.0 Å². The molecule has 98 valence electrons. The average Bonchev–Trinajstić information content (AvgIpc) is 2.49. The van der Waals surface area contributed by atoms with Gasteiger partial charge in [-0.15, -0.1) is 0 Å². The molecule has 0 spiro atoms. The van der Waals surface area contributed by atoms with Crippen LogP contribution in [0.2, 0.25) is 0 Å². The van der Waals surface area contributed by atoms with Gasteiger partial charge in [0.05, 0.1) is 6.04 Å². The number of nitrogens with zero attached hydrogens (tertiary/aromatic N) is 1. The molecule has 1 aliphatic rings. The van der Waals surface area contributed by atoms with Crippen LogP contribution in [0.25, 0.3) is 0 Å². The maximum absolute atomic E-state index is 6.06. The van der Waals surface area contributed by atoms with Gasteiger partial charge >= 0.3 is 0 Å². The largest absolute Gasteiger partial charge is 0.325 e. The Balaban J connectivity index is 1.97. The van der Waals surface area contributed by atoms with E-state index in [-0.39, 0.29) is 0 Å². The van der Waals surface area contributed by atoms with E-state index >= 15 is 0 Å². The lowest BCUT2D eigenvalue weighted by Gasteiger charge is -2.49. The first kappa shape index (κ1) is 12.4. The Kier molecular flexibility index (Phi) is 3.36. The molecule has 2 atom stereocenters. The minimum atomic E-state index is 0.301. The lowest BCUT2D eigenvalue weighted by atomic mass is 9.89. The van der Waals surface area contributed by atoms with Crippen molar-refractivity contribution in [3.8, 4) is 0 Å². The topological polar surface area (TPSA) is 29.3 Å². The summed E-state index contributed by atoms with van der Waals surface area (Å²) in [6, 6.07) is 22.4. The molecular weight excluding hydrogens is 232 g/mol. The Hall–Kier alpha value is -1.64. The smallest absolute Gasteiger partial charge is 0.0605 e. The first-order chi connectivity index (χ1) is 9.27. The van der Waals surface area contributed by atoms with E-state index in [4.69, 9.17) is 5.73 Å². The molecule has 1 aliphatic heterocycles. The highest BCUT2D eigenvalue weighted by atomic mass is 15.3. The van der Waals surface area contributed by atoms with Gasteiger partial charge in [-0.1, -0.05) is 60.7 Å². The second-order valence-corrected chi connectivity index (χ2v) is 5.33. The minimum Gasteiger partial charge on any atom is -0.325 e. The van der Waals surface area contributed by atoms with Crippen LogP contribution in [0.3, 0.4) is 0 Å². The average molecular weight is 252 g/mol. The van der Waals surface area contributed by atoms with Gasteiger partial charge in [-0.05, 0) is 18.1 Å². The van der Waals surface area contributed by atoms with Crippen LogP contribution in [0, 0.1) is 0 Å². The van der Waals surface area contributed by atoms with E-state index < -0.39 is 0 Å². The summed E-state index contributed by atoms with van der Waals surface area (Å²) in [6.07, 6.45) is 0. The van der Waals surface area contributed by atoms with E-state index in [0.717, 1.165) is 6.54 Å². The molecule has 0 amide bonds. The fourth-order valence-electron chi connectivity index (χ4n) is 2.86. The minimum absolute atomic E-state index is 0.301. The molecule has 2 aromatic rings. The summed E-state index contributed by atoms with van der Waals surface area (Å²) in [4.78, 5) is 2.48. The third-order valence-corrected chi connectivity index (χ3v) is 4.13. The first-order valence-corrected chi connectivity index (χ1v) is 6.88. The third kappa shape index (κ3) is 2.29. The van der Waals surface area contributed by atoms with Gasteiger partial charge in [0, 0.05) is 18.6 Å². The Morgan fingerprint density at radius 1 is 0.947 bits per heavy atom. The Morgan fingerprint density at radius 3 is 1.79 bits per heavy atom. The summed E-state index contributed by atoms with van der Waals surface area (Å²) < 4.78 is 0. The second-order valence-electron chi connectivity index (χ2n) is 5.33. The van der Waals surface area contributed by atoms with E-state index in [9.17, 15) is 0 Å². The van der Waals surface area contributed by atoms with Crippen molar-refractivity contribution >= 4 is 0 Å². The summed E-state index contributed by atoms with van der Waals surface area (Å²) in [7, 11) is 0. The molecule has 2 aromatic carbocycles. The van der Waals surface area contributed by atoms with E-state index in [1.165, 1.54) is 11.1 Å². The van der Waals surface area contributed by atoms with Gasteiger partial charge < -0.3 is 5.73 Å². The van der Waals surface area contributed by atoms with E-state index in [2.05, 4.69) is 72.5 Å². The number of likely N-dealkylation sites (tertiary alicyclic amines) is 1. The summed E-state index contributed by atoms with van der Waals surface area (Å²) in [6.45, 7) is 3.18. The van der Waals surface area contributed by atoms with Crippen molar-refractivity contribution in [1.82, 2.24) is 4.90 Å². The Bertz CT molecular complexity index is 484. The first-order valence-electron chi connectivity index (χ1n) is 6.88. The molecule has 0 aliphatic carbocycles. The fourth-order valence-corrected chi connectivity index (χ4v) is 2.86. The molecule has 1 saturated heterocycles. The van der Waals surface area contributed by atoms with Gasteiger partial charge in [-0.25, -0.2) is 0 Å². The van der Waals surface area contributed by atoms with Crippen LogP contribution in [-0.4, -0.2) is 23.5 Å². The third-order valence-electron chi connectivity index (χ3n) is 4.13. The van der Waals surface area contributed by atoms with E-state index in [1.807, 2.05) is 0 Å². The van der Waals surface area contributed by atoms with Crippen molar-refractivity contribution in [1.29, 1.82) is 0 Å². The molecule has 1 heterocycles. The molecular formula is C17H20N2. The predicted molar refractivity (Wildman–Crippen MR) is 78.9 cm³/mol. The SMILES string of the molecule is CC1C(N)CN1C(c1ccccc1)c1ccccc1. The van der Waals surface area contributed by atoms with Crippen LogP contribution < -0.4 is 5.73 Å². The number of benzene rings is 2. The van der Waals surface area contributed by atoms with Crippen molar-refractivity contribution < 1.29 is 0 Å². The zero-order valence-electron chi connectivity index (χ0n) is 11.2. The van der Waals surface area contributed by atoms with E-state index in [1.54, 1.807) is 0 Å². The van der Waals surface area contributed by atoms with Crippen molar-refractivity contribution in [2.24, 2.45) is 5.73 Å². The van der Waals surface area contributed by atoms with Crippen LogP contribution in [0.4, 0.5) is 0 Å². The lowest BCUT2D eigenvalue weighted by Crippen LogP contribution is -2.63. The second kappa shape index (κ2) is 5.16. The number of hydrogen-bond acceptors (Lipinski definition) is 2. The van der Waals surface area contributed by atoms with Crippen LogP contribution >= 0.6 is 0 Å². The highest BCUT2D eigenvalue weighted by Crippen LogP contribution is 2.34. The standard InChI is InChI=1S/C17H20N2/c1-13-16(18)12-19(13)17(14-8-4-2-5-9-14)15-10-6-3-7-11-15/h2-11,13,16-17H,12,18H2,1H3. The van der Waals surface area contributed by atoms with Crippen molar-refractivity contribution in [3.05, 3.63) is 71.8 Å². The fraction of sp³-hybridized carbons (Fsp3) is 0.294.